The van der Waals surface area contributed by atoms with Crippen molar-refractivity contribution in [3.63, 3.8) is 0 Å². The number of amides is 2. The molecular formula is C26H20ClF2N5O4. The van der Waals surface area contributed by atoms with Crippen molar-refractivity contribution < 1.29 is 28.3 Å². The fourth-order valence-electron chi connectivity index (χ4n) is 4.64. The summed E-state index contributed by atoms with van der Waals surface area (Å²) >= 11 is 6.04. The first-order valence-corrected chi connectivity index (χ1v) is 11.9. The van der Waals surface area contributed by atoms with Crippen LogP contribution in [-0.4, -0.2) is 37.5 Å². The van der Waals surface area contributed by atoms with Crippen LogP contribution in [0.2, 0.25) is 5.15 Å². The highest BCUT2D eigenvalue weighted by Gasteiger charge is 2.29. The Kier molecular flexibility index (Phi) is 6.53. The SMILES string of the molecule is Cc1c(C(=O)O)ccc2c1CC[C@@H]2NC(=O)c1cc(C(=O)NCc2ccc(F)c(F)c2)nc2cc(Cl)nn12. The van der Waals surface area contributed by atoms with Crippen molar-refractivity contribution in [2.75, 3.05) is 0 Å². The van der Waals surface area contributed by atoms with Gasteiger partial charge in [-0.15, -0.1) is 0 Å². The Morgan fingerprint density at radius 2 is 1.89 bits per heavy atom. The molecule has 1 aliphatic carbocycles. The van der Waals surface area contributed by atoms with Gasteiger partial charge in [0.05, 0.1) is 11.6 Å². The summed E-state index contributed by atoms with van der Waals surface area (Å²) in [5.74, 6) is -4.23. The highest BCUT2D eigenvalue weighted by molar-refractivity contribution is 6.29. The van der Waals surface area contributed by atoms with Crippen molar-refractivity contribution in [3.8, 4) is 0 Å². The third-order valence-corrected chi connectivity index (χ3v) is 6.71. The predicted octanol–water partition coefficient (Wildman–Crippen LogP) is 4.01. The van der Waals surface area contributed by atoms with Crippen LogP contribution in [-0.2, 0) is 13.0 Å². The maximum absolute atomic E-state index is 13.5. The maximum Gasteiger partial charge on any atom is 0.335 e. The molecule has 0 bridgehead atoms. The van der Waals surface area contributed by atoms with E-state index in [1.165, 1.54) is 28.8 Å². The van der Waals surface area contributed by atoms with Crippen LogP contribution >= 0.6 is 11.6 Å². The Hall–Kier alpha value is -4.38. The highest BCUT2D eigenvalue weighted by Crippen LogP contribution is 2.35. The Labute approximate surface area is 219 Å². The van der Waals surface area contributed by atoms with Gasteiger partial charge in [-0.25, -0.2) is 23.1 Å². The number of hydrogen-bond donors (Lipinski definition) is 3. The molecule has 0 radical (unpaired) electrons. The fourth-order valence-corrected chi connectivity index (χ4v) is 4.81. The Morgan fingerprint density at radius 1 is 1.11 bits per heavy atom. The third kappa shape index (κ3) is 4.68. The van der Waals surface area contributed by atoms with Crippen molar-refractivity contribution in [1.29, 1.82) is 0 Å². The molecule has 1 aliphatic rings. The summed E-state index contributed by atoms with van der Waals surface area (Å²) in [6, 6.07) is 8.78. The smallest absolute Gasteiger partial charge is 0.335 e. The van der Waals surface area contributed by atoms with Gasteiger partial charge in [-0.05, 0) is 60.2 Å². The second-order valence-corrected chi connectivity index (χ2v) is 9.26. The Balaban J connectivity index is 1.40. The molecule has 12 heteroatoms. The van der Waals surface area contributed by atoms with Crippen LogP contribution in [0, 0.1) is 18.6 Å². The van der Waals surface area contributed by atoms with E-state index >= 15 is 0 Å². The average molecular weight is 540 g/mol. The molecule has 0 aliphatic heterocycles. The largest absolute Gasteiger partial charge is 0.478 e. The van der Waals surface area contributed by atoms with Crippen LogP contribution in [0.25, 0.3) is 5.65 Å². The maximum atomic E-state index is 13.5. The van der Waals surface area contributed by atoms with Crippen LogP contribution in [0.4, 0.5) is 8.78 Å². The molecular weight excluding hydrogens is 520 g/mol. The summed E-state index contributed by atoms with van der Waals surface area (Å²) in [5.41, 5.74) is 3.00. The third-order valence-electron chi connectivity index (χ3n) is 6.53. The molecule has 2 amide bonds. The van der Waals surface area contributed by atoms with Gasteiger partial charge in [-0.1, -0.05) is 23.7 Å². The first-order valence-electron chi connectivity index (χ1n) is 11.6. The molecule has 0 saturated heterocycles. The molecule has 0 spiro atoms. The lowest BCUT2D eigenvalue weighted by Gasteiger charge is -2.16. The lowest BCUT2D eigenvalue weighted by atomic mass is 9.98. The number of nitrogens with one attached hydrogen (secondary N) is 2. The number of benzene rings is 2. The summed E-state index contributed by atoms with van der Waals surface area (Å²) in [5, 5.41) is 19.1. The van der Waals surface area contributed by atoms with Crippen molar-refractivity contribution in [1.82, 2.24) is 25.2 Å². The average Bonchev–Trinajstić information content (AvgIpc) is 3.46. The number of aromatic carboxylic acids is 1. The van der Waals surface area contributed by atoms with E-state index in [0.29, 0.717) is 24.0 Å². The minimum atomic E-state index is -1.04. The number of nitrogens with zero attached hydrogens (tertiary/aromatic N) is 3. The molecule has 38 heavy (non-hydrogen) atoms. The summed E-state index contributed by atoms with van der Waals surface area (Å²) in [6.07, 6.45) is 1.17. The van der Waals surface area contributed by atoms with Crippen LogP contribution in [0.3, 0.4) is 0 Å². The number of carbonyl (C=O) groups is 3. The van der Waals surface area contributed by atoms with E-state index in [1.807, 2.05) is 0 Å². The van der Waals surface area contributed by atoms with Gasteiger partial charge in [-0.3, -0.25) is 9.59 Å². The number of rotatable bonds is 6. The minimum absolute atomic E-state index is 0.00667. The number of aromatic nitrogens is 3. The normalized spacial score (nSPS) is 14.4. The van der Waals surface area contributed by atoms with Crippen molar-refractivity contribution >= 4 is 35.0 Å². The lowest BCUT2D eigenvalue weighted by Crippen LogP contribution is -2.30. The molecule has 9 nitrogen and oxygen atoms in total. The molecule has 0 fully saturated rings. The second kappa shape index (κ2) is 9.82. The van der Waals surface area contributed by atoms with Gasteiger partial charge in [0, 0.05) is 18.7 Å². The molecule has 194 valence electrons. The number of carbonyl (C=O) groups excluding carboxylic acids is 2. The van der Waals surface area contributed by atoms with E-state index in [1.54, 1.807) is 13.0 Å². The van der Waals surface area contributed by atoms with Crippen LogP contribution in [0.5, 0.6) is 0 Å². The van der Waals surface area contributed by atoms with Gasteiger partial charge in [0.15, 0.2) is 22.4 Å². The molecule has 1 atom stereocenters. The molecule has 2 heterocycles. The Morgan fingerprint density at radius 3 is 2.63 bits per heavy atom. The number of carboxylic acids is 1. The quantitative estimate of drug-likeness (QED) is 0.340. The van der Waals surface area contributed by atoms with Crippen molar-refractivity contribution in [2.45, 2.75) is 32.4 Å². The molecule has 5 rings (SSSR count). The van der Waals surface area contributed by atoms with Crippen LogP contribution in [0.15, 0.2) is 42.5 Å². The molecule has 2 aromatic carbocycles. The number of carboxylic acid groups (broad SMARTS) is 1. The molecule has 4 aromatic rings. The molecule has 3 N–H and O–H groups in total. The van der Waals surface area contributed by atoms with E-state index in [2.05, 4.69) is 20.7 Å². The van der Waals surface area contributed by atoms with Gasteiger partial charge < -0.3 is 15.7 Å². The van der Waals surface area contributed by atoms with Gasteiger partial charge in [0.1, 0.15) is 11.4 Å². The van der Waals surface area contributed by atoms with Gasteiger partial charge in [0.25, 0.3) is 11.8 Å². The highest BCUT2D eigenvalue weighted by atomic mass is 35.5. The van der Waals surface area contributed by atoms with Gasteiger partial charge in [0.2, 0.25) is 0 Å². The predicted molar refractivity (Wildman–Crippen MR) is 132 cm³/mol. The second-order valence-electron chi connectivity index (χ2n) is 8.87. The van der Waals surface area contributed by atoms with E-state index in [4.69, 9.17) is 11.6 Å². The molecule has 0 saturated carbocycles. The lowest BCUT2D eigenvalue weighted by molar-refractivity contribution is 0.0695. The zero-order valence-electron chi connectivity index (χ0n) is 19.9. The van der Waals surface area contributed by atoms with E-state index < -0.39 is 29.4 Å². The van der Waals surface area contributed by atoms with Crippen LogP contribution < -0.4 is 10.6 Å². The standard InChI is InChI=1S/C26H20ClF2N5O4/c1-12-14-5-7-19(16(14)4-3-15(12)26(37)38)32-25(36)21-9-20(31-23-10-22(27)33-34(21)23)24(35)30-11-13-2-6-17(28)18(29)8-13/h2-4,6,8-10,19H,5,7,11H2,1H3,(H,30,35)(H,32,36)(H,37,38)/t19-/m0/s1. The first-order chi connectivity index (χ1) is 18.1. The summed E-state index contributed by atoms with van der Waals surface area (Å²) in [4.78, 5) is 41.9. The van der Waals surface area contributed by atoms with E-state index in [0.717, 1.165) is 23.3 Å². The monoisotopic (exact) mass is 539 g/mol. The van der Waals surface area contributed by atoms with Crippen molar-refractivity contribution in [2.24, 2.45) is 0 Å². The Bertz CT molecular complexity index is 1640. The summed E-state index contributed by atoms with van der Waals surface area (Å²) in [7, 11) is 0. The van der Waals surface area contributed by atoms with Crippen LogP contribution in [0.1, 0.15) is 66.1 Å². The zero-order valence-corrected chi connectivity index (χ0v) is 20.6. The van der Waals surface area contributed by atoms with Crippen molar-refractivity contribution in [3.05, 3.63) is 98.5 Å². The zero-order chi connectivity index (χ0) is 27.1. The summed E-state index contributed by atoms with van der Waals surface area (Å²) in [6.45, 7) is 1.65. The number of hydrogen-bond acceptors (Lipinski definition) is 5. The topological polar surface area (TPSA) is 126 Å². The first kappa shape index (κ1) is 25.3. The number of fused-ring (bicyclic) bond motifs is 2. The summed E-state index contributed by atoms with van der Waals surface area (Å²) < 4.78 is 27.9. The van der Waals surface area contributed by atoms with Gasteiger partial charge >= 0.3 is 5.97 Å². The number of halogens is 3. The van der Waals surface area contributed by atoms with E-state index in [-0.39, 0.29) is 40.3 Å². The fraction of sp³-hybridized carbons (Fsp3) is 0.192. The van der Waals surface area contributed by atoms with E-state index in [9.17, 15) is 28.3 Å². The molecule has 0 unspecified atom stereocenters. The molecule has 2 aromatic heterocycles. The van der Waals surface area contributed by atoms with Gasteiger partial charge in [-0.2, -0.15) is 5.10 Å². The minimum Gasteiger partial charge on any atom is -0.478 e.